The minimum atomic E-state index is -0.614. The molecule has 11 heteroatoms. The molecule has 0 aliphatic carbocycles. The van der Waals surface area contributed by atoms with E-state index in [1.165, 1.54) is 13.2 Å². The Bertz CT molecular complexity index is 1160. The standard InChI is InChI=1S/C26H35N5O5S/c1-7-13-35-24(33)22-17(5)27-25-28-26(37-14-8-2)29-31(25)23(22)18-11-12-19(20(15-18)34-6)36-16-21(32)30(9-3)10-4/h7,11-12,15,23H,1,8-10,13-14,16H2,2-6H3,(H,27,28,29). The van der Waals surface area contributed by atoms with Crippen LogP contribution >= 0.6 is 11.8 Å². The average Bonchev–Trinajstić information content (AvgIpc) is 3.31. The third kappa shape index (κ3) is 6.46. The van der Waals surface area contributed by atoms with Crippen molar-refractivity contribution in [2.75, 3.05) is 44.5 Å². The van der Waals surface area contributed by atoms with Crippen LogP contribution in [0.25, 0.3) is 0 Å². The van der Waals surface area contributed by atoms with Crippen molar-refractivity contribution in [3.8, 4) is 11.5 Å². The molecular weight excluding hydrogens is 494 g/mol. The lowest BCUT2D eigenvalue weighted by Gasteiger charge is -2.28. The molecule has 0 saturated carbocycles. The van der Waals surface area contributed by atoms with Crippen molar-refractivity contribution in [2.24, 2.45) is 0 Å². The van der Waals surface area contributed by atoms with Crippen LogP contribution in [-0.4, -0.2) is 70.7 Å². The maximum absolute atomic E-state index is 13.1. The van der Waals surface area contributed by atoms with Gasteiger partial charge in [0.1, 0.15) is 12.6 Å². The largest absolute Gasteiger partial charge is 0.493 e. The van der Waals surface area contributed by atoms with Crippen molar-refractivity contribution in [1.29, 1.82) is 0 Å². The van der Waals surface area contributed by atoms with Crippen LogP contribution in [0, 0.1) is 0 Å². The van der Waals surface area contributed by atoms with E-state index < -0.39 is 12.0 Å². The maximum atomic E-state index is 13.1. The number of carbonyl (C=O) groups excluding carboxylic acids is 2. The normalized spacial score (nSPS) is 14.5. The summed E-state index contributed by atoms with van der Waals surface area (Å²) >= 11 is 1.55. The summed E-state index contributed by atoms with van der Waals surface area (Å²) in [6, 6.07) is 4.73. The summed E-state index contributed by atoms with van der Waals surface area (Å²) in [5, 5.41) is 8.50. The monoisotopic (exact) mass is 529 g/mol. The number of fused-ring (bicyclic) bond motifs is 1. The molecule has 0 saturated heterocycles. The molecule has 1 unspecified atom stereocenters. The van der Waals surface area contributed by atoms with Crippen LogP contribution in [-0.2, 0) is 14.3 Å². The number of methoxy groups -OCH3 is 1. The summed E-state index contributed by atoms with van der Waals surface area (Å²) in [5.74, 6) is 1.68. The lowest BCUT2D eigenvalue weighted by molar-refractivity contribution is -0.138. The van der Waals surface area contributed by atoms with E-state index in [1.807, 2.05) is 26.8 Å². The molecule has 1 N–H and O–H groups in total. The average molecular weight is 530 g/mol. The molecule has 0 fully saturated rings. The van der Waals surface area contributed by atoms with Crippen molar-refractivity contribution < 1.29 is 23.8 Å². The van der Waals surface area contributed by atoms with Crippen LogP contribution in [0.2, 0.25) is 0 Å². The second-order valence-electron chi connectivity index (χ2n) is 8.23. The van der Waals surface area contributed by atoms with E-state index in [1.54, 1.807) is 33.5 Å². The topological polar surface area (TPSA) is 108 Å². The highest BCUT2D eigenvalue weighted by molar-refractivity contribution is 7.99. The van der Waals surface area contributed by atoms with E-state index in [4.69, 9.17) is 19.3 Å². The number of anilines is 1. The van der Waals surface area contributed by atoms with Crippen LogP contribution in [0.1, 0.15) is 45.7 Å². The van der Waals surface area contributed by atoms with E-state index in [0.29, 0.717) is 47.0 Å². The van der Waals surface area contributed by atoms with Crippen LogP contribution in [0.15, 0.2) is 47.3 Å². The van der Waals surface area contributed by atoms with E-state index >= 15 is 0 Å². The highest BCUT2D eigenvalue weighted by Crippen LogP contribution is 2.39. The number of allylic oxidation sites excluding steroid dienone is 1. The fourth-order valence-corrected chi connectivity index (χ4v) is 4.63. The molecule has 1 aliphatic heterocycles. The van der Waals surface area contributed by atoms with Crippen molar-refractivity contribution in [2.45, 2.75) is 45.3 Å². The number of esters is 1. The van der Waals surface area contributed by atoms with Crippen LogP contribution in [0.5, 0.6) is 11.5 Å². The quantitative estimate of drug-likeness (QED) is 0.233. The SMILES string of the molecule is C=CCOC(=O)C1=C(C)Nc2nc(SCCC)nn2C1c1ccc(OCC(=O)N(CC)CC)c(OC)c1. The van der Waals surface area contributed by atoms with Crippen LogP contribution in [0.4, 0.5) is 5.95 Å². The smallest absolute Gasteiger partial charge is 0.338 e. The Kier molecular flexibility index (Phi) is 10.0. The molecule has 0 spiro atoms. The number of amides is 1. The Morgan fingerprint density at radius 3 is 2.65 bits per heavy atom. The molecule has 0 radical (unpaired) electrons. The predicted molar refractivity (Wildman–Crippen MR) is 143 cm³/mol. The Hall–Kier alpha value is -3.47. The summed E-state index contributed by atoms with van der Waals surface area (Å²) in [6.07, 6.45) is 2.51. The zero-order chi connectivity index (χ0) is 26.9. The number of rotatable bonds is 13. The summed E-state index contributed by atoms with van der Waals surface area (Å²) < 4.78 is 18.5. The third-order valence-electron chi connectivity index (χ3n) is 5.79. The molecule has 3 rings (SSSR count). The van der Waals surface area contributed by atoms with Gasteiger partial charge in [-0.25, -0.2) is 9.48 Å². The zero-order valence-electron chi connectivity index (χ0n) is 22.1. The minimum absolute atomic E-state index is 0.0841. The van der Waals surface area contributed by atoms with Gasteiger partial charge in [0.2, 0.25) is 11.1 Å². The molecule has 200 valence electrons. The third-order valence-corrected chi connectivity index (χ3v) is 6.83. The van der Waals surface area contributed by atoms with Gasteiger partial charge in [-0.05, 0) is 44.9 Å². The highest BCUT2D eigenvalue weighted by atomic mass is 32.2. The van der Waals surface area contributed by atoms with Gasteiger partial charge in [-0.2, -0.15) is 4.98 Å². The van der Waals surface area contributed by atoms with Gasteiger partial charge in [0.15, 0.2) is 18.1 Å². The second kappa shape index (κ2) is 13.2. The maximum Gasteiger partial charge on any atom is 0.338 e. The molecule has 1 aliphatic rings. The van der Waals surface area contributed by atoms with Gasteiger partial charge >= 0.3 is 5.97 Å². The van der Waals surface area contributed by atoms with Gasteiger partial charge in [-0.15, -0.1) is 5.10 Å². The summed E-state index contributed by atoms with van der Waals surface area (Å²) in [7, 11) is 1.53. The van der Waals surface area contributed by atoms with Crippen LogP contribution in [0.3, 0.4) is 0 Å². The number of thioether (sulfide) groups is 1. The summed E-state index contributed by atoms with van der Waals surface area (Å²) in [6.45, 7) is 12.6. The number of nitrogens with one attached hydrogen (secondary N) is 1. The molecule has 2 heterocycles. The zero-order valence-corrected chi connectivity index (χ0v) is 22.9. The molecular formula is C26H35N5O5S. The van der Waals surface area contributed by atoms with Gasteiger partial charge in [0, 0.05) is 24.5 Å². The first-order chi connectivity index (χ1) is 17.9. The van der Waals surface area contributed by atoms with Gasteiger partial charge in [-0.1, -0.05) is 37.4 Å². The first kappa shape index (κ1) is 28.1. The van der Waals surface area contributed by atoms with E-state index in [9.17, 15) is 9.59 Å². The highest BCUT2D eigenvalue weighted by Gasteiger charge is 2.35. The van der Waals surface area contributed by atoms with Gasteiger partial charge in [0.05, 0.1) is 12.7 Å². The van der Waals surface area contributed by atoms with Crippen molar-refractivity contribution >= 4 is 29.6 Å². The van der Waals surface area contributed by atoms with Gasteiger partial charge in [-0.3, -0.25) is 4.79 Å². The van der Waals surface area contributed by atoms with Crippen LogP contribution < -0.4 is 14.8 Å². The number of likely N-dealkylation sites (N-methyl/N-ethyl adjacent to an activating group) is 1. The lowest BCUT2D eigenvalue weighted by atomic mass is 9.95. The Morgan fingerprint density at radius 2 is 2.00 bits per heavy atom. The number of nitrogens with zero attached hydrogens (tertiary/aromatic N) is 4. The van der Waals surface area contributed by atoms with Crippen molar-refractivity contribution in [1.82, 2.24) is 19.7 Å². The van der Waals surface area contributed by atoms with Crippen molar-refractivity contribution in [3.05, 3.63) is 47.7 Å². The number of carbonyl (C=O) groups is 2. The number of ether oxygens (including phenoxy) is 3. The number of aromatic nitrogens is 3. The molecule has 0 bridgehead atoms. The molecule has 1 amide bonds. The number of hydrogen-bond acceptors (Lipinski definition) is 9. The Balaban J connectivity index is 2.00. The van der Waals surface area contributed by atoms with E-state index in [0.717, 1.165) is 17.7 Å². The first-order valence-corrected chi connectivity index (χ1v) is 13.3. The minimum Gasteiger partial charge on any atom is -0.493 e. The lowest BCUT2D eigenvalue weighted by Crippen LogP contribution is -2.34. The Morgan fingerprint density at radius 1 is 1.24 bits per heavy atom. The van der Waals surface area contributed by atoms with Crippen molar-refractivity contribution in [3.63, 3.8) is 0 Å². The molecule has 1 aromatic carbocycles. The molecule has 37 heavy (non-hydrogen) atoms. The number of benzene rings is 1. The molecule has 1 aromatic heterocycles. The molecule has 10 nitrogen and oxygen atoms in total. The van der Waals surface area contributed by atoms with E-state index in [-0.39, 0.29) is 19.1 Å². The molecule has 2 aromatic rings. The molecule has 1 atom stereocenters. The van der Waals surface area contributed by atoms with Gasteiger partial charge in [0.25, 0.3) is 5.91 Å². The second-order valence-corrected chi connectivity index (χ2v) is 9.29. The first-order valence-electron chi connectivity index (χ1n) is 12.3. The Labute approximate surface area is 222 Å². The van der Waals surface area contributed by atoms with Gasteiger partial charge < -0.3 is 24.4 Å². The summed E-state index contributed by atoms with van der Waals surface area (Å²) in [5.41, 5.74) is 1.75. The summed E-state index contributed by atoms with van der Waals surface area (Å²) in [4.78, 5) is 31.9. The fraction of sp³-hybridized carbons (Fsp3) is 0.462. The van der Waals surface area contributed by atoms with E-state index in [2.05, 4.69) is 23.8 Å². The predicted octanol–water partition coefficient (Wildman–Crippen LogP) is 4.05. The fourth-order valence-electron chi connectivity index (χ4n) is 3.95. The number of hydrogen-bond donors (Lipinski definition) is 1.